The molecule has 9 heteroatoms. The van der Waals surface area contributed by atoms with Gasteiger partial charge in [0, 0.05) is 53.9 Å². The number of guanidine groups is 1. The van der Waals surface area contributed by atoms with Gasteiger partial charge in [0.15, 0.2) is 12.6 Å². The van der Waals surface area contributed by atoms with E-state index >= 15 is 0 Å². The largest absolute Gasteiger partial charge is 0.495 e. The van der Waals surface area contributed by atoms with E-state index in [1.165, 1.54) is 4.90 Å². The summed E-state index contributed by atoms with van der Waals surface area (Å²) in [6.45, 7) is 4.18. The molecule has 0 spiro atoms. The maximum atomic E-state index is 11.7. The molecule has 33 heavy (non-hydrogen) atoms. The lowest BCUT2D eigenvalue weighted by Gasteiger charge is -2.38. The number of rotatable bonds is 7. The molecular formula is C24H34IN5O3. The Morgan fingerprint density at radius 2 is 1.82 bits per heavy atom. The highest BCUT2D eigenvalue weighted by atomic mass is 127. The molecule has 1 fully saturated rings. The van der Waals surface area contributed by atoms with Crippen molar-refractivity contribution in [2.45, 2.75) is 6.54 Å². The molecule has 180 valence electrons. The van der Waals surface area contributed by atoms with Gasteiger partial charge in [0.1, 0.15) is 11.5 Å². The van der Waals surface area contributed by atoms with Gasteiger partial charge < -0.3 is 29.5 Å². The number of nitrogens with zero attached hydrogens (tertiary/aromatic N) is 4. The van der Waals surface area contributed by atoms with Crippen LogP contribution in [0.25, 0.3) is 0 Å². The van der Waals surface area contributed by atoms with Gasteiger partial charge in [-0.25, -0.2) is 0 Å². The van der Waals surface area contributed by atoms with E-state index in [1.54, 1.807) is 28.3 Å². The second-order valence-electron chi connectivity index (χ2n) is 7.77. The van der Waals surface area contributed by atoms with Gasteiger partial charge in [-0.2, -0.15) is 0 Å². The molecule has 1 N–H and O–H groups in total. The minimum Gasteiger partial charge on any atom is -0.495 e. The van der Waals surface area contributed by atoms with Gasteiger partial charge in [-0.15, -0.1) is 24.0 Å². The van der Waals surface area contributed by atoms with E-state index in [0.717, 1.165) is 49.1 Å². The lowest BCUT2D eigenvalue weighted by Crippen LogP contribution is -2.52. The van der Waals surface area contributed by atoms with Crippen LogP contribution >= 0.6 is 24.0 Å². The van der Waals surface area contributed by atoms with Gasteiger partial charge in [-0.1, -0.05) is 24.3 Å². The summed E-state index contributed by atoms with van der Waals surface area (Å²) in [6, 6.07) is 15.9. The van der Waals surface area contributed by atoms with Gasteiger partial charge >= 0.3 is 0 Å². The first-order valence-corrected chi connectivity index (χ1v) is 10.8. The second kappa shape index (κ2) is 13.1. The predicted molar refractivity (Wildman–Crippen MR) is 143 cm³/mol. The molecule has 0 unspecified atom stereocenters. The fraction of sp³-hybridized carbons (Fsp3) is 0.417. The van der Waals surface area contributed by atoms with Crippen molar-refractivity contribution in [3.8, 4) is 11.5 Å². The summed E-state index contributed by atoms with van der Waals surface area (Å²) in [6.07, 6.45) is 0. The second-order valence-corrected chi connectivity index (χ2v) is 7.77. The zero-order valence-electron chi connectivity index (χ0n) is 19.8. The van der Waals surface area contributed by atoms with Crippen LogP contribution in [0.4, 0.5) is 5.69 Å². The Labute approximate surface area is 213 Å². The van der Waals surface area contributed by atoms with Crippen molar-refractivity contribution in [1.29, 1.82) is 0 Å². The van der Waals surface area contributed by atoms with E-state index < -0.39 is 0 Å². The van der Waals surface area contributed by atoms with E-state index in [9.17, 15) is 4.79 Å². The maximum Gasteiger partial charge on any atom is 0.259 e. The molecule has 0 aromatic heterocycles. The van der Waals surface area contributed by atoms with E-state index in [2.05, 4.69) is 26.2 Å². The number of benzene rings is 2. The molecule has 8 nitrogen and oxygen atoms in total. The van der Waals surface area contributed by atoms with Crippen LogP contribution in [-0.4, -0.2) is 82.7 Å². The van der Waals surface area contributed by atoms with Crippen molar-refractivity contribution < 1.29 is 14.3 Å². The number of aliphatic imine (C=N–C) groups is 1. The molecule has 2 aromatic carbocycles. The zero-order chi connectivity index (χ0) is 22.9. The van der Waals surface area contributed by atoms with E-state index in [4.69, 9.17) is 9.47 Å². The van der Waals surface area contributed by atoms with E-state index in [1.807, 2.05) is 42.5 Å². The average Bonchev–Trinajstić information content (AvgIpc) is 2.83. The van der Waals surface area contributed by atoms with Crippen molar-refractivity contribution in [3.05, 3.63) is 54.1 Å². The summed E-state index contributed by atoms with van der Waals surface area (Å²) in [5, 5.41) is 3.44. The predicted octanol–water partition coefficient (Wildman–Crippen LogP) is 2.68. The first-order chi connectivity index (χ1) is 15.5. The number of likely N-dealkylation sites (N-methyl/N-ethyl adjacent to an activating group) is 1. The summed E-state index contributed by atoms with van der Waals surface area (Å²) >= 11 is 0. The van der Waals surface area contributed by atoms with Crippen molar-refractivity contribution in [2.24, 2.45) is 4.99 Å². The number of hydrogen-bond donors (Lipinski definition) is 1. The molecule has 3 rings (SSSR count). The number of nitrogens with one attached hydrogen (secondary N) is 1. The first kappa shape index (κ1) is 26.6. The number of para-hydroxylation sites is 2. The summed E-state index contributed by atoms with van der Waals surface area (Å²) < 4.78 is 11.1. The molecule has 1 aliphatic rings. The number of amides is 1. The number of hydrogen-bond acceptors (Lipinski definition) is 5. The van der Waals surface area contributed by atoms with E-state index in [0.29, 0.717) is 12.3 Å². The Morgan fingerprint density at radius 3 is 2.48 bits per heavy atom. The number of carbonyl (C=O) groups is 1. The number of piperazine rings is 1. The third-order valence-electron chi connectivity index (χ3n) is 5.43. The van der Waals surface area contributed by atoms with Crippen LogP contribution in [0.1, 0.15) is 5.56 Å². The quantitative estimate of drug-likeness (QED) is 0.316. The molecule has 0 aliphatic carbocycles. The lowest BCUT2D eigenvalue weighted by atomic mass is 10.2. The van der Waals surface area contributed by atoms with Crippen LogP contribution in [0.15, 0.2) is 53.5 Å². The molecular weight excluding hydrogens is 533 g/mol. The zero-order valence-corrected chi connectivity index (χ0v) is 22.1. The summed E-state index contributed by atoms with van der Waals surface area (Å²) in [4.78, 5) is 22.3. The fourth-order valence-electron chi connectivity index (χ4n) is 3.58. The average molecular weight is 567 g/mol. The van der Waals surface area contributed by atoms with Crippen LogP contribution in [0.5, 0.6) is 11.5 Å². The Balaban J connectivity index is 0.00000385. The summed E-state index contributed by atoms with van der Waals surface area (Å²) in [7, 11) is 6.95. The Hall–Kier alpha value is -2.69. The van der Waals surface area contributed by atoms with E-state index in [-0.39, 0.29) is 36.5 Å². The highest BCUT2D eigenvalue weighted by molar-refractivity contribution is 14.0. The molecule has 0 atom stereocenters. The normalized spacial score (nSPS) is 13.8. The van der Waals surface area contributed by atoms with Crippen molar-refractivity contribution in [3.63, 3.8) is 0 Å². The Morgan fingerprint density at radius 1 is 1.09 bits per heavy atom. The smallest absolute Gasteiger partial charge is 0.259 e. The molecule has 0 saturated carbocycles. The minimum absolute atomic E-state index is 0. The molecule has 1 amide bonds. The van der Waals surface area contributed by atoms with Gasteiger partial charge in [-0.3, -0.25) is 9.79 Å². The van der Waals surface area contributed by atoms with Crippen LogP contribution in [0.2, 0.25) is 0 Å². The third kappa shape index (κ3) is 7.41. The van der Waals surface area contributed by atoms with Crippen LogP contribution in [0.3, 0.4) is 0 Å². The molecule has 1 heterocycles. The standard InChI is InChI=1S/C24H33N5O3.HI/c1-25-24(26-17-19-8-7-9-20(16-19)32-18-23(30)27(2)3)29-14-12-28(13-15-29)21-10-5-6-11-22(21)31-4;/h5-11,16H,12-15,17-18H2,1-4H3,(H,25,26);1H. The Kier molecular flexibility index (Phi) is 10.6. The first-order valence-electron chi connectivity index (χ1n) is 10.8. The molecule has 2 aromatic rings. The SMILES string of the molecule is CN=C(NCc1cccc(OCC(=O)N(C)C)c1)N1CCN(c2ccccc2OC)CC1.I. The van der Waals surface area contributed by atoms with Crippen molar-refractivity contribution in [2.75, 3.05) is 65.9 Å². The van der Waals surface area contributed by atoms with Gasteiger partial charge in [-0.05, 0) is 29.8 Å². The molecule has 1 saturated heterocycles. The van der Waals surface area contributed by atoms with Crippen molar-refractivity contribution in [1.82, 2.24) is 15.1 Å². The molecule has 0 radical (unpaired) electrons. The van der Waals surface area contributed by atoms with Crippen LogP contribution in [-0.2, 0) is 11.3 Å². The fourth-order valence-corrected chi connectivity index (χ4v) is 3.58. The van der Waals surface area contributed by atoms with Crippen LogP contribution in [0, 0.1) is 0 Å². The molecule has 1 aliphatic heterocycles. The number of methoxy groups -OCH3 is 1. The number of carbonyl (C=O) groups excluding carboxylic acids is 1. The van der Waals surface area contributed by atoms with Gasteiger partial charge in [0.25, 0.3) is 5.91 Å². The number of anilines is 1. The van der Waals surface area contributed by atoms with Gasteiger partial charge in [0.05, 0.1) is 12.8 Å². The monoisotopic (exact) mass is 567 g/mol. The number of halogens is 1. The van der Waals surface area contributed by atoms with Crippen LogP contribution < -0.4 is 19.7 Å². The highest BCUT2D eigenvalue weighted by Crippen LogP contribution is 2.28. The van der Waals surface area contributed by atoms with Crippen molar-refractivity contribution >= 4 is 41.5 Å². The summed E-state index contributed by atoms with van der Waals surface area (Å²) in [5.74, 6) is 2.39. The highest BCUT2D eigenvalue weighted by Gasteiger charge is 2.21. The summed E-state index contributed by atoms with van der Waals surface area (Å²) in [5.41, 5.74) is 2.19. The van der Waals surface area contributed by atoms with Gasteiger partial charge in [0.2, 0.25) is 0 Å². The topological polar surface area (TPSA) is 69.6 Å². The third-order valence-corrected chi connectivity index (χ3v) is 5.43. The minimum atomic E-state index is -0.0683. The Bertz CT molecular complexity index is 930. The lowest BCUT2D eigenvalue weighted by molar-refractivity contribution is -0.130. The number of ether oxygens (including phenoxy) is 2. The molecule has 0 bridgehead atoms. The maximum absolute atomic E-state index is 11.7.